The Labute approximate surface area is 167 Å². The summed E-state index contributed by atoms with van der Waals surface area (Å²) in [6.07, 6.45) is -0.155. The molecule has 0 saturated heterocycles. The maximum absolute atomic E-state index is 12.8. The Kier molecular flexibility index (Phi) is 6.65. The number of alkyl halides is 3. The van der Waals surface area contributed by atoms with E-state index in [0.717, 1.165) is 37.8 Å². The Morgan fingerprint density at radius 2 is 1.86 bits per heavy atom. The van der Waals surface area contributed by atoms with Crippen molar-refractivity contribution in [2.24, 2.45) is 5.92 Å². The van der Waals surface area contributed by atoms with E-state index in [9.17, 15) is 18.0 Å². The number of nitrogens with zero attached hydrogens (tertiary/aromatic N) is 1. The Morgan fingerprint density at radius 1 is 1.14 bits per heavy atom. The van der Waals surface area contributed by atoms with Crippen molar-refractivity contribution in [2.45, 2.75) is 55.5 Å². The van der Waals surface area contributed by atoms with Crippen molar-refractivity contribution in [3.05, 3.63) is 59.4 Å². The average molecular weight is 408 g/mol. The van der Waals surface area contributed by atoms with Gasteiger partial charge in [0.2, 0.25) is 0 Å². The van der Waals surface area contributed by atoms with Gasteiger partial charge in [0.05, 0.1) is 11.3 Å². The molecule has 1 N–H and O–H groups in total. The fourth-order valence-corrected chi connectivity index (χ4v) is 4.13. The maximum atomic E-state index is 12.8. The average Bonchev–Trinajstić information content (AvgIpc) is 2.68. The third-order valence-corrected chi connectivity index (χ3v) is 5.97. The van der Waals surface area contributed by atoms with Crippen molar-refractivity contribution in [3.8, 4) is 0 Å². The Bertz CT molecular complexity index is 817. The first-order valence-electron chi connectivity index (χ1n) is 9.38. The van der Waals surface area contributed by atoms with E-state index in [4.69, 9.17) is 0 Å². The molecule has 0 unspecified atom stereocenters. The number of aromatic nitrogens is 1. The number of hydrogen-bond donors (Lipinski definition) is 1. The van der Waals surface area contributed by atoms with Gasteiger partial charge in [-0.15, -0.1) is 11.8 Å². The summed E-state index contributed by atoms with van der Waals surface area (Å²) in [7, 11) is 0. The molecule has 150 valence electrons. The summed E-state index contributed by atoms with van der Waals surface area (Å²) in [5.74, 6) is 0.913. The first-order chi connectivity index (χ1) is 13.3. The highest BCUT2D eigenvalue weighted by Gasteiger charge is 2.30. The van der Waals surface area contributed by atoms with E-state index in [2.05, 4.69) is 17.2 Å². The summed E-state index contributed by atoms with van der Waals surface area (Å²) in [5, 5.41) is 3.05. The molecule has 3 nitrogen and oxygen atoms in total. The van der Waals surface area contributed by atoms with Crippen molar-refractivity contribution in [1.29, 1.82) is 0 Å². The summed E-state index contributed by atoms with van der Waals surface area (Å²) < 4.78 is 38.5. The molecule has 0 spiro atoms. The maximum Gasteiger partial charge on any atom is 0.416 e. The molecule has 1 amide bonds. The van der Waals surface area contributed by atoms with Crippen LogP contribution >= 0.6 is 11.8 Å². The third kappa shape index (κ3) is 5.74. The predicted molar refractivity (Wildman–Crippen MR) is 104 cm³/mol. The van der Waals surface area contributed by atoms with Gasteiger partial charge >= 0.3 is 6.18 Å². The van der Waals surface area contributed by atoms with Crippen LogP contribution in [0.1, 0.15) is 54.4 Å². The molecule has 28 heavy (non-hydrogen) atoms. The van der Waals surface area contributed by atoms with E-state index in [-0.39, 0.29) is 11.9 Å². The first-order valence-corrected chi connectivity index (χ1v) is 10.4. The van der Waals surface area contributed by atoms with Gasteiger partial charge in [-0.05, 0) is 61.9 Å². The van der Waals surface area contributed by atoms with Gasteiger partial charge in [-0.3, -0.25) is 4.79 Å². The van der Waals surface area contributed by atoms with Crippen molar-refractivity contribution < 1.29 is 18.0 Å². The summed E-state index contributed by atoms with van der Waals surface area (Å²) in [4.78, 5) is 17.4. The molecule has 2 aromatic rings. The molecule has 1 aromatic carbocycles. The fraction of sp³-hybridized carbons (Fsp3) is 0.429. The van der Waals surface area contributed by atoms with Crippen molar-refractivity contribution in [2.75, 3.05) is 0 Å². The van der Waals surface area contributed by atoms with Gasteiger partial charge in [-0.2, -0.15) is 13.2 Å². The minimum absolute atomic E-state index is 0.189. The zero-order valence-corrected chi connectivity index (χ0v) is 16.4. The molecular weight excluding hydrogens is 385 g/mol. The zero-order chi connectivity index (χ0) is 20.1. The number of carbonyl (C=O) groups is 1. The molecule has 0 radical (unpaired) electrons. The molecule has 1 heterocycles. The lowest BCUT2D eigenvalue weighted by atomic mass is 9.87. The standard InChI is InChI=1S/C21H23F3N2OS/c1-14-8-10-16(11-9-14)26-20(27)19-7-3-5-17(25-19)13-28-18-6-2-4-15(12-18)21(22,23)24/h2-7,12,14,16H,8-11,13H2,1H3,(H,26,27). The van der Waals surface area contributed by atoms with Crippen LogP contribution in [0.3, 0.4) is 0 Å². The van der Waals surface area contributed by atoms with Crippen LogP contribution in [-0.2, 0) is 11.9 Å². The van der Waals surface area contributed by atoms with Gasteiger partial charge in [0.25, 0.3) is 5.91 Å². The lowest BCUT2D eigenvalue weighted by Crippen LogP contribution is -2.37. The highest BCUT2D eigenvalue weighted by molar-refractivity contribution is 7.98. The number of rotatable bonds is 5. The monoisotopic (exact) mass is 408 g/mol. The van der Waals surface area contributed by atoms with Crippen LogP contribution in [0.2, 0.25) is 0 Å². The zero-order valence-electron chi connectivity index (χ0n) is 15.6. The molecule has 1 aliphatic rings. The lowest BCUT2D eigenvalue weighted by Gasteiger charge is -2.26. The van der Waals surface area contributed by atoms with E-state index >= 15 is 0 Å². The van der Waals surface area contributed by atoms with Crippen LogP contribution in [0.5, 0.6) is 0 Å². The summed E-state index contributed by atoms with van der Waals surface area (Å²) >= 11 is 1.27. The third-order valence-electron chi connectivity index (χ3n) is 4.94. The van der Waals surface area contributed by atoms with Gasteiger partial charge in [0, 0.05) is 16.7 Å². The SMILES string of the molecule is CC1CCC(NC(=O)c2cccc(CSc3cccc(C(F)(F)F)c3)n2)CC1. The van der Waals surface area contributed by atoms with Gasteiger partial charge in [0.15, 0.2) is 0 Å². The number of thioether (sulfide) groups is 1. The van der Waals surface area contributed by atoms with Crippen LogP contribution in [0, 0.1) is 5.92 Å². The predicted octanol–water partition coefficient (Wildman–Crippen LogP) is 5.70. The molecule has 1 aromatic heterocycles. The van der Waals surface area contributed by atoms with E-state index in [1.807, 2.05) is 0 Å². The molecule has 3 rings (SSSR count). The lowest BCUT2D eigenvalue weighted by molar-refractivity contribution is -0.137. The van der Waals surface area contributed by atoms with Gasteiger partial charge in [-0.1, -0.05) is 19.1 Å². The van der Waals surface area contributed by atoms with Gasteiger partial charge in [-0.25, -0.2) is 4.98 Å². The molecule has 0 bridgehead atoms. The van der Waals surface area contributed by atoms with Gasteiger partial charge in [0.1, 0.15) is 5.69 Å². The Morgan fingerprint density at radius 3 is 2.57 bits per heavy atom. The fourth-order valence-electron chi connectivity index (χ4n) is 3.27. The number of pyridine rings is 1. The highest BCUT2D eigenvalue weighted by atomic mass is 32.2. The van der Waals surface area contributed by atoms with Gasteiger partial charge < -0.3 is 5.32 Å². The number of benzene rings is 1. The Hall–Kier alpha value is -2.02. The molecule has 7 heteroatoms. The molecule has 1 saturated carbocycles. The van der Waals surface area contributed by atoms with Crippen LogP contribution in [0.25, 0.3) is 0 Å². The van der Waals surface area contributed by atoms with Crippen LogP contribution in [0.15, 0.2) is 47.4 Å². The summed E-state index contributed by atoms with van der Waals surface area (Å²) in [5.41, 5.74) is 0.341. The largest absolute Gasteiger partial charge is 0.416 e. The second-order valence-electron chi connectivity index (χ2n) is 7.26. The number of hydrogen-bond acceptors (Lipinski definition) is 3. The van der Waals surface area contributed by atoms with E-state index < -0.39 is 11.7 Å². The molecular formula is C21H23F3N2OS. The molecule has 1 aliphatic carbocycles. The second-order valence-corrected chi connectivity index (χ2v) is 8.31. The normalized spacial score (nSPS) is 20.0. The van der Waals surface area contributed by atoms with E-state index in [1.54, 1.807) is 24.3 Å². The second kappa shape index (κ2) is 8.99. The number of carbonyl (C=O) groups excluding carboxylic acids is 1. The van der Waals surface area contributed by atoms with Crippen molar-refractivity contribution >= 4 is 17.7 Å². The van der Waals surface area contributed by atoms with Crippen LogP contribution in [0.4, 0.5) is 13.2 Å². The van der Waals surface area contributed by atoms with E-state index in [1.165, 1.54) is 17.8 Å². The number of nitrogens with one attached hydrogen (secondary N) is 1. The van der Waals surface area contributed by atoms with Crippen LogP contribution < -0.4 is 5.32 Å². The first kappa shape index (κ1) is 20.7. The summed E-state index contributed by atoms with van der Waals surface area (Å²) in [6.45, 7) is 2.23. The Balaban J connectivity index is 1.60. The van der Waals surface area contributed by atoms with Crippen molar-refractivity contribution in [3.63, 3.8) is 0 Å². The molecule has 0 atom stereocenters. The summed E-state index contributed by atoms with van der Waals surface area (Å²) in [6, 6.07) is 10.6. The minimum atomic E-state index is -4.36. The highest BCUT2D eigenvalue weighted by Crippen LogP contribution is 2.32. The van der Waals surface area contributed by atoms with Crippen molar-refractivity contribution in [1.82, 2.24) is 10.3 Å². The topological polar surface area (TPSA) is 42.0 Å². The minimum Gasteiger partial charge on any atom is -0.348 e. The molecule has 1 fully saturated rings. The number of halogens is 3. The van der Waals surface area contributed by atoms with Crippen LogP contribution in [-0.4, -0.2) is 16.9 Å². The molecule has 0 aliphatic heterocycles. The smallest absolute Gasteiger partial charge is 0.348 e. The number of amides is 1. The van der Waals surface area contributed by atoms with E-state index in [0.29, 0.717) is 28.0 Å². The quantitative estimate of drug-likeness (QED) is 0.645.